The van der Waals surface area contributed by atoms with Gasteiger partial charge in [-0.1, -0.05) is 58.6 Å². The highest BCUT2D eigenvalue weighted by atomic mass is 32.3. The molecule has 7 unspecified atom stereocenters. The van der Waals surface area contributed by atoms with Gasteiger partial charge in [-0.25, -0.2) is 4.18 Å². The molecule has 0 aromatic heterocycles. The van der Waals surface area contributed by atoms with Crippen molar-refractivity contribution in [1.29, 1.82) is 0 Å². The van der Waals surface area contributed by atoms with Crippen LogP contribution in [0.25, 0.3) is 0 Å². The zero-order valence-electron chi connectivity index (χ0n) is 20.1. The second kappa shape index (κ2) is 8.76. The van der Waals surface area contributed by atoms with Gasteiger partial charge in [0.15, 0.2) is 0 Å². The lowest BCUT2D eigenvalue weighted by molar-refractivity contribution is -0.0494. The van der Waals surface area contributed by atoms with E-state index in [9.17, 15) is 8.42 Å². The van der Waals surface area contributed by atoms with E-state index in [1.807, 2.05) is 0 Å². The number of fused-ring (bicyclic) bond motifs is 5. The van der Waals surface area contributed by atoms with Crippen LogP contribution in [0, 0.1) is 40.4 Å². The molecular weight excluding hydrogens is 408 g/mol. The van der Waals surface area contributed by atoms with Crippen LogP contribution in [0.1, 0.15) is 105 Å². The fourth-order valence-electron chi connectivity index (χ4n) is 8.41. The molecular formula is C26H44O4S. The van der Waals surface area contributed by atoms with E-state index in [2.05, 4.69) is 33.8 Å². The summed E-state index contributed by atoms with van der Waals surface area (Å²) >= 11 is 0. The van der Waals surface area contributed by atoms with Crippen molar-refractivity contribution in [2.75, 3.05) is 0 Å². The second-order valence-corrected chi connectivity index (χ2v) is 13.2. The monoisotopic (exact) mass is 452 g/mol. The zero-order chi connectivity index (χ0) is 22.4. The predicted octanol–water partition coefficient (Wildman–Crippen LogP) is 6.97. The normalized spacial score (nSPS) is 42.6. The van der Waals surface area contributed by atoms with Gasteiger partial charge in [-0.2, -0.15) is 8.42 Å². The largest absolute Gasteiger partial charge is 0.397 e. The van der Waals surface area contributed by atoms with Gasteiger partial charge in [0.25, 0.3) is 0 Å². The van der Waals surface area contributed by atoms with E-state index < -0.39 is 16.5 Å². The third-order valence-electron chi connectivity index (χ3n) is 10.1. The van der Waals surface area contributed by atoms with Crippen molar-refractivity contribution in [3.05, 3.63) is 11.6 Å². The van der Waals surface area contributed by atoms with E-state index in [1.165, 1.54) is 56.9 Å². The lowest BCUT2D eigenvalue weighted by Gasteiger charge is -2.58. The molecule has 5 heteroatoms. The molecule has 4 aliphatic rings. The summed E-state index contributed by atoms with van der Waals surface area (Å²) < 4.78 is 36.5. The maximum atomic E-state index is 11.2. The summed E-state index contributed by atoms with van der Waals surface area (Å²) in [6, 6.07) is 0. The summed E-state index contributed by atoms with van der Waals surface area (Å²) in [4.78, 5) is 0. The molecule has 1 N–H and O–H groups in total. The van der Waals surface area contributed by atoms with E-state index in [-0.39, 0.29) is 5.41 Å². The van der Waals surface area contributed by atoms with Crippen LogP contribution in [0.15, 0.2) is 11.6 Å². The van der Waals surface area contributed by atoms with Crippen molar-refractivity contribution in [2.45, 2.75) is 111 Å². The number of unbranched alkanes of at least 4 members (excludes halogenated alkanes) is 1. The van der Waals surface area contributed by atoms with Crippen LogP contribution in [-0.2, 0) is 14.6 Å². The quantitative estimate of drug-likeness (QED) is 0.257. The third-order valence-corrected chi connectivity index (χ3v) is 10.6. The number of allylic oxidation sites excluding steroid dienone is 1. The molecule has 3 saturated carbocycles. The van der Waals surface area contributed by atoms with Gasteiger partial charge < -0.3 is 0 Å². The van der Waals surface area contributed by atoms with Gasteiger partial charge in [-0.3, -0.25) is 4.55 Å². The Morgan fingerprint density at radius 1 is 1.10 bits per heavy atom. The molecule has 0 aromatic carbocycles. The molecule has 0 amide bonds. The van der Waals surface area contributed by atoms with Crippen molar-refractivity contribution in [3.63, 3.8) is 0 Å². The average molecular weight is 453 g/mol. The fraction of sp³-hybridized carbons (Fsp3) is 0.923. The average Bonchev–Trinajstić information content (AvgIpc) is 3.00. The Kier molecular flexibility index (Phi) is 6.71. The van der Waals surface area contributed by atoms with Crippen molar-refractivity contribution in [1.82, 2.24) is 0 Å². The number of hydrogen-bond donors (Lipinski definition) is 1. The summed E-state index contributed by atoms with van der Waals surface area (Å²) in [5.41, 5.74) is 2.09. The summed E-state index contributed by atoms with van der Waals surface area (Å²) in [6.45, 7) is 9.72. The molecule has 4 rings (SSSR count). The maximum absolute atomic E-state index is 11.2. The molecule has 4 aliphatic carbocycles. The van der Waals surface area contributed by atoms with Gasteiger partial charge in [0.2, 0.25) is 0 Å². The maximum Gasteiger partial charge on any atom is 0.397 e. The molecule has 4 nitrogen and oxygen atoms in total. The SMILES string of the molecule is CC(C)CCCCC1CCC2C3CC=C4CC(OS(=O)(=O)O)CCC4(C)C3CCC12C. The molecule has 3 fully saturated rings. The summed E-state index contributed by atoms with van der Waals surface area (Å²) in [7, 11) is -4.37. The van der Waals surface area contributed by atoms with Crippen LogP contribution in [0.2, 0.25) is 0 Å². The Hall–Kier alpha value is -0.390. The highest BCUT2D eigenvalue weighted by molar-refractivity contribution is 7.80. The van der Waals surface area contributed by atoms with Crippen molar-refractivity contribution < 1.29 is 17.2 Å². The summed E-state index contributed by atoms with van der Waals surface area (Å²) in [5, 5.41) is 0. The summed E-state index contributed by atoms with van der Waals surface area (Å²) in [6.07, 6.45) is 16.6. The first-order chi connectivity index (χ1) is 14.5. The Morgan fingerprint density at radius 2 is 1.87 bits per heavy atom. The molecule has 178 valence electrons. The van der Waals surface area contributed by atoms with Crippen LogP contribution < -0.4 is 0 Å². The number of rotatable bonds is 7. The first-order valence-electron chi connectivity index (χ1n) is 12.9. The van der Waals surface area contributed by atoms with E-state index in [4.69, 9.17) is 8.74 Å². The minimum absolute atomic E-state index is 0.179. The van der Waals surface area contributed by atoms with Crippen LogP contribution in [0.4, 0.5) is 0 Å². The van der Waals surface area contributed by atoms with Crippen molar-refractivity contribution in [3.8, 4) is 0 Å². The summed E-state index contributed by atoms with van der Waals surface area (Å²) in [5.74, 6) is 4.08. The topological polar surface area (TPSA) is 63.6 Å². The van der Waals surface area contributed by atoms with Crippen molar-refractivity contribution >= 4 is 10.4 Å². The van der Waals surface area contributed by atoms with Crippen molar-refractivity contribution in [2.24, 2.45) is 40.4 Å². The molecule has 7 atom stereocenters. The molecule has 0 spiro atoms. The lowest BCUT2D eigenvalue weighted by atomic mass is 9.47. The van der Waals surface area contributed by atoms with Gasteiger partial charge >= 0.3 is 10.4 Å². The molecule has 31 heavy (non-hydrogen) atoms. The minimum Gasteiger partial charge on any atom is -0.264 e. The highest BCUT2D eigenvalue weighted by Crippen LogP contribution is 2.66. The molecule has 0 bridgehead atoms. The molecule has 0 heterocycles. The van der Waals surface area contributed by atoms with Gasteiger partial charge in [0.05, 0.1) is 6.10 Å². The molecule has 0 saturated heterocycles. The Labute approximate surface area is 190 Å². The molecule has 0 aromatic rings. The van der Waals surface area contributed by atoms with E-state index >= 15 is 0 Å². The fourth-order valence-corrected chi connectivity index (χ4v) is 8.92. The first kappa shape index (κ1) is 23.8. The second-order valence-electron chi connectivity index (χ2n) is 12.1. The minimum atomic E-state index is -4.37. The third kappa shape index (κ3) is 4.66. The lowest BCUT2D eigenvalue weighted by Crippen LogP contribution is -2.50. The van der Waals surface area contributed by atoms with Gasteiger partial charge in [-0.05, 0) is 98.2 Å². The van der Waals surface area contributed by atoms with Crippen LogP contribution in [-0.4, -0.2) is 19.1 Å². The Morgan fingerprint density at radius 3 is 2.58 bits per heavy atom. The Balaban J connectivity index is 1.44. The molecule has 0 radical (unpaired) electrons. The van der Waals surface area contributed by atoms with Crippen LogP contribution in [0.3, 0.4) is 0 Å². The zero-order valence-corrected chi connectivity index (χ0v) is 20.9. The standard InChI is InChI=1S/C26H44O4S/c1-18(2)7-5-6-8-19-10-12-23-22-11-9-20-17-21(30-31(27,28)29)13-15-26(20,4)24(22)14-16-25(19,23)3/h9,18-19,21-24H,5-8,10-17H2,1-4H3,(H,27,28,29). The van der Waals surface area contributed by atoms with Gasteiger partial charge in [0.1, 0.15) is 0 Å². The van der Waals surface area contributed by atoms with E-state index in [0.717, 1.165) is 48.9 Å². The van der Waals surface area contributed by atoms with Crippen LogP contribution >= 0.6 is 0 Å². The van der Waals surface area contributed by atoms with E-state index in [1.54, 1.807) is 0 Å². The molecule has 0 aliphatic heterocycles. The van der Waals surface area contributed by atoms with E-state index in [0.29, 0.717) is 11.8 Å². The number of hydrogen-bond acceptors (Lipinski definition) is 3. The predicted molar refractivity (Wildman–Crippen MR) is 125 cm³/mol. The first-order valence-corrected chi connectivity index (χ1v) is 14.2. The highest BCUT2D eigenvalue weighted by Gasteiger charge is 2.58. The smallest absolute Gasteiger partial charge is 0.264 e. The van der Waals surface area contributed by atoms with Gasteiger partial charge in [-0.15, -0.1) is 0 Å². The van der Waals surface area contributed by atoms with Gasteiger partial charge in [0, 0.05) is 0 Å². The van der Waals surface area contributed by atoms with Crippen LogP contribution in [0.5, 0.6) is 0 Å². The Bertz CT molecular complexity index is 787.